The number of carbonyl (C=O) groups is 1. The fourth-order valence-electron chi connectivity index (χ4n) is 3.43. The van der Waals surface area contributed by atoms with Gasteiger partial charge in [-0.2, -0.15) is 0 Å². The summed E-state index contributed by atoms with van der Waals surface area (Å²) in [5.74, 6) is -0.228. The van der Waals surface area contributed by atoms with Gasteiger partial charge in [-0.1, -0.05) is 42.5 Å². The molecule has 1 aliphatic rings. The minimum absolute atomic E-state index is 0.0497. The van der Waals surface area contributed by atoms with Crippen LogP contribution in [0.2, 0.25) is 0 Å². The molecule has 138 valence electrons. The van der Waals surface area contributed by atoms with E-state index in [1.165, 1.54) is 17.2 Å². The molecule has 2 aromatic carbocycles. The Labute approximate surface area is 154 Å². The smallest absolute Gasteiger partial charge is 0.315 e. The second kappa shape index (κ2) is 8.81. The minimum atomic E-state index is -0.228. The molecule has 26 heavy (non-hydrogen) atoms. The summed E-state index contributed by atoms with van der Waals surface area (Å²) in [6.07, 6.45) is 1.54. The lowest BCUT2D eigenvalue weighted by Gasteiger charge is -2.31. The largest absolute Gasteiger partial charge is 0.338 e. The zero-order valence-electron chi connectivity index (χ0n) is 15.2. The van der Waals surface area contributed by atoms with Crippen LogP contribution in [0.25, 0.3) is 0 Å². The number of halogens is 1. The average Bonchev–Trinajstić information content (AvgIpc) is 2.63. The third kappa shape index (κ3) is 5.05. The number of nitrogens with one attached hydrogen (secondary N) is 2. The summed E-state index contributed by atoms with van der Waals surface area (Å²) in [5.41, 5.74) is 3.42. The van der Waals surface area contributed by atoms with E-state index in [1.54, 1.807) is 18.2 Å². The van der Waals surface area contributed by atoms with Crippen molar-refractivity contribution in [2.45, 2.75) is 32.4 Å². The summed E-state index contributed by atoms with van der Waals surface area (Å²) in [6.45, 7) is 5.18. The third-order valence-electron chi connectivity index (χ3n) is 4.76. The van der Waals surface area contributed by atoms with E-state index < -0.39 is 0 Å². The van der Waals surface area contributed by atoms with Crippen molar-refractivity contribution in [1.82, 2.24) is 15.5 Å². The Balaban J connectivity index is 1.39. The van der Waals surface area contributed by atoms with Gasteiger partial charge in [-0.15, -0.1) is 0 Å². The van der Waals surface area contributed by atoms with Crippen LogP contribution in [0.15, 0.2) is 48.5 Å². The lowest BCUT2D eigenvalue weighted by atomic mass is 10.00. The molecule has 5 heteroatoms. The Kier molecular flexibility index (Phi) is 6.23. The molecule has 0 bridgehead atoms. The molecule has 4 nitrogen and oxygen atoms in total. The van der Waals surface area contributed by atoms with E-state index in [4.69, 9.17) is 0 Å². The Morgan fingerprint density at radius 2 is 1.88 bits per heavy atom. The van der Waals surface area contributed by atoms with Gasteiger partial charge < -0.3 is 10.6 Å². The number of nitrogens with zero attached hydrogens (tertiary/aromatic N) is 1. The second-order valence-electron chi connectivity index (χ2n) is 6.90. The van der Waals surface area contributed by atoms with Crippen molar-refractivity contribution >= 4 is 6.03 Å². The highest BCUT2D eigenvalue weighted by molar-refractivity contribution is 5.74. The first-order valence-corrected chi connectivity index (χ1v) is 9.18. The molecule has 0 aliphatic carbocycles. The summed E-state index contributed by atoms with van der Waals surface area (Å²) in [5, 5.41) is 5.77. The molecule has 2 aromatic rings. The lowest BCUT2D eigenvalue weighted by Crippen LogP contribution is -2.47. The van der Waals surface area contributed by atoms with E-state index in [0.717, 1.165) is 26.1 Å². The molecule has 0 aromatic heterocycles. The van der Waals surface area contributed by atoms with Gasteiger partial charge in [0.25, 0.3) is 0 Å². The van der Waals surface area contributed by atoms with Crippen molar-refractivity contribution in [3.63, 3.8) is 0 Å². The van der Waals surface area contributed by atoms with Gasteiger partial charge in [0.2, 0.25) is 0 Å². The molecule has 1 atom stereocenters. The van der Waals surface area contributed by atoms with Crippen LogP contribution < -0.4 is 10.6 Å². The van der Waals surface area contributed by atoms with E-state index in [9.17, 15) is 9.18 Å². The number of benzene rings is 2. The normalized spacial score (nSPS) is 15.2. The van der Waals surface area contributed by atoms with Gasteiger partial charge in [0.15, 0.2) is 0 Å². The van der Waals surface area contributed by atoms with Gasteiger partial charge in [-0.3, -0.25) is 4.90 Å². The van der Waals surface area contributed by atoms with Crippen molar-refractivity contribution in [1.29, 1.82) is 0 Å². The third-order valence-corrected chi connectivity index (χ3v) is 4.76. The predicted octanol–water partition coefficient (Wildman–Crippen LogP) is 3.11. The summed E-state index contributed by atoms with van der Waals surface area (Å²) in [4.78, 5) is 14.4. The predicted molar refractivity (Wildman–Crippen MR) is 102 cm³/mol. The van der Waals surface area contributed by atoms with E-state index in [0.29, 0.717) is 18.5 Å². The zero-order chi connectivity index (χ0) is 18.4. The van der Waals surface area contributed by atoms with Crippen LogP contribution in [0.5, 0.6) is 0 Å². The maximum absolute atomic E-state index is 13.6. The monoisotopic (exact) mass is 355 g/mol. The first kappa shape index (κ1) is 18.4. The number of amides is 2. The fraction of sp³-hybridized carbons (Fsp3) is 0.381. The molecule has 0 fully saturated rings. The molecular formula is C21H26FN3O. The van der Waals surface area contributed by atoms with Crippen molar-refractivity contribution in [2.24, 2.45) is 0 Å². The fourth-order valence-corrected chi connectivity index (χ4v) is 3.43. The van der Waals surface area contributed by atoms with Gasteiger partial charge in [-0.25, -0.2) is 9.18 Å². The average molecular weight is 355 g/mol. The number of carbonyl (C=O) groups excluding carboxylic acids is 1. The van der Waals surface area contributed by atoms with Crippen molar-refractivity contribution < 1.29 is 9.18 Å². The Bertz CT molecular complexity index is 750. The van der Waals surface area contributed by atoms with Crippen LogP contribution in [0, 0.1) is 5.82 Å². The minimum Gasteiger partial charge on any atom is -0.338 e. The molecule has 3 rings (SSSR count). The first-order valence-electron chi connectivity index (χ1n) is 9.18. The molecule has 0 radical (unpaired) electrons. The van der Waals surface area contributed by atoms with Crippen molar-refractivity contribution in [2.75, 3.05) is 19.6 Å². The highest BCUT2D eigenvalue weighted by Crippen LogP contribution is 2.18. The summed E-state index contributed by atoms with van der Waals surface area (Å²) in [7, 11) is 0. The zero-order valence-corrected chi connectivity index (χ0v) is 15.2. The molecule has 2 amide bonds. The number of urea groups is 1. The summed E-state index contributed by atoms with van der Waals surface area (Å²) in [6, 6.07) is 15.0. The maximum atomic E-state index is 13.6. The van der Waals surface area contributed by atoms with Gasteiger partial charge >= 0.3 is 6.03 Å². The highest BCUT2D eigenvalue weighted by atomic mass is 19.1. The van der Waals surface area contributed by atoms with Crippen LogP contribution in [0.4, 0.5) is 9.18 Å². The quantitative estimate of drug-likeness (QED) is 0.836. The topological polar surface area (TPSA) is 44.4 Å². The van der Waals surface area contributed by atoms with E-state index in [2.05, 4.69) is 39.8 Å². The highest BCUT2D eigenvalue weighted by Gasteiger charge is 2.18. The number of hydrogen-bond acceptors (Lipinski definition) is 2. The van der Waals surface area contributed by atoms with E-state index >= 15 is 0 Å². The van der Waals surface area contributed by atoms with E-state index in [-0.39, 0.29) is 17.9 Å². The molecule has 1 heterocycles. The molecule has 1 unspecified atom stereocenters. The van der Waals surface area contributed by atoms with Crippen LogP contribution in [-0.4, -0.2) is 36.6 Å². The summed E-state index contributed by atoms with van der Waals surface area (Å²) >= 11 is 0. The Morgan fingerprint density at radius 3 is 2.69 bits per heavy atom. The van der Waals surface area contributed by atoms with Crippen molar-refractivity contribution in [3.8, 4) is 0 Å². The van der Waals surface area contributed by atoms with Crippen LogP contribution in [0.1, 0.15) is 23.6 Å². The standard InChI is InChI=1S/C21H26FN3O/c1-16(14-25-13-11-17-6-2-3-8-19(17)15-25)24-21(26)23-12-10-18-7-4-5-9-20(18)22/h2-9,16H,10-15H2,1H3,(H2,23,24,26). The van der Waals surface area contributed by atoms with E-state index in [1.807, 2.05) is 6.92 Å². The second-order valence-corrected chi connectivity index (χ2v) is 6.90. The maximum Gasteiger partial charge on any atom is 0.315 e. The van der Waals surface area contributed by atoms with Gasteiger partial charge in [0.1, 0.15) is 5.82 Å². The van der Waals surface area contributed by atoms with Gasteiger partial charge in [-0.05, 0) is 42.5 Å². The summed E-state index contributed by atoms with van der Waals surface area (Å²) < 4.78 is 13.6. The molecule has 1 aliphatic heterocycles. The first-order chi connectivity index (χ1) is 12.6. The number of rotatable bonds is 6. The van der Waals surface area contributed by atoms with Crippen molar-refractivity contribution in [3.05, 3.63) is 71.0 Å². The van der Waals surface area contributed by atoms with Crippen LogP contribution >= 0.6 is 0 Å². The molecule has 2 N–H and O–H groups in total. The van der Waals surface area contributed by atoms with Crippen LogP contribution in [0.3, 0.4) is 0 Å². The SMILES string of the molecule is CC(CN1CCc2ccccc2C1)NC(=O)NCCc1ccccc1F. The number of fused-ring (bicyclic) bond motifs is 1. The van der Waals surface area contributed by atoms with Crippen LogP contribution in [-0.2, 0) is 19.4 Å². The van der Waals surface area contributed by atoms with Gasteiger partial charge in [0.05, 0.1) is 0 Å². The lowest BCUT2D eigenvalue weighted by molar-refractivity contribution is 0.215. The molecule has 0 spiro atoms. The Morgan fingerprint density at radius 1 is 1.15 bits per heavy atom. The molecule has 0 saturated heterocycles. The molecular weight excluding hydrogens is 329 g/mol. The van der Waals surface area contributed by atoms with Gasteiger partial charge in [0, 0.05) is 32.2 Å². The number of hydrogen-bond donors (Lipinski definition) is 2. The molecule has 0 saturated carbocycles. The Hall–Kier alpha value is -2.40.